The second-order valence-corrected chi connectivity index (χ2v) is 9.59. The summed E-state index contributed by atoms with van der Waals surface area (Å²) in [6.07, 6.45) is 0. The Morgan fingerprint density at radius 3 is 2.09 bits per heavy atom. The van der Waals surface area contributed by atoms with Gasteiger partial charge in [0.1, 0.15) is 0 Å². The smallest absolute Gasteiger partial charge is 0.0361 e. The van der Waals surface area contributed by atoms with Gasteiger partial charge in [-0.25, -0.2) is 0 Å². The average molecular weight is 425 g/mol. The Balaban J connectivity index is 1.46. The van der Waals surface area contributed by atoms with Crippen molar-refractivity contribution in [2.45, 2.75) is 5.92 Å². The number of benzene rings is 5. The summed E-state index contributed by atoms with van der Waals surface area (Å²) in [5, 5.41) is 2.79. The third kappa shape index (κ3) is 2.55. The van der Waals surface area contributed by atoms with Gasteiger partial charge in [-0.1, -0.05) is 103 Å². The maximum atomic E-state index is 2.36. The summed E-state index contributed by atoms with van der Waals surface area (Å²) >= 11 is 1.90. The topological polar surface area (TPSA) is 0 Å². The Bertz CT molecular complexity index is 1600. The van der Waals surface area contributed by atoms with Gasteiger partial charge in [0.2, 0.25) is 0 Å². The molecule has 1 aliphatic carbocycles. The molecule has 0 radical (unpaired) electrons. The van der Waals surface area contributed by atoms with Gasteiger partial charge in [-0.05, 0) is 51.1 Å². The molecular weight excluding hydrogens is 404 g/mol. The van der Waals surface area contributed by atoms with Crippen LogP contribution in [0.15, 0.2) is 115 Å². The van der Waals surface area contributed by atoms with Gasteiger partial charge in [-0.15, -0.1) is 11.3 Å². The van der Waals surface area contributed by atoms with Crippen molar-refractivity contribution in [3.8, 4) is 22.3 Å². The summed E-state index contributed by atoms with van der Waals surface area (Å²) in [5.74, 6) is 0.272. The van der Waals surface area contributed by atoms with E-state index in [9.17, 15) is 0 Å². The zero-order chi connectivity index (χ0) is 21.1. The lowest BCUT2D eigenvalue weighted by Gasteiger charge is -2.15. The minimum Gasteiger partial charge on any atom is -0.135 e. The molecule has 0 fully saturated rings. The molecule has 0 N–H and O–H groups in total. The molecule has 1 unspecified atom stereocenters. The van der Waals surface area contributed by atoms with Crippen LogP contribution in [0.25, 0.3) is 42.4 Å². The molecule has 0 saturated carbocycles. The van der Waals surface area contributed by atoms with Crippen molar-refractivity contribution in [1.82, 2.24) is 0 Å². The number of thiophene rings is 1. The summed E-state index contributed by atoms with van der Waals surface area (Å²) < 4.78 is 2.74. The predicted octanol–water partition coefficient (Wildman–Crippen LogP) is 8.88. The fraction of sp³-hybridized carbons (Fsp3) is 0.0323. The van der Waals surface area contributed by atoms with E-state index in [0.717, 1.165) is 0 Å². The Morgan fingerprint density at radius 2 is 1.22 bits per heavy atom. The molecule has 7 rings (SSSR count). The molecule has 1 heteroatoms. The molecule has 6 aromatic rings. The Kier molecular flexibility index (Phi) is 3.88. The van der Waals surface area contributed by atoms with E-state index in [2.05, 4.69) is 115 Å². The van der Waals surface area contributed by atoms with E-state index in [4.69, 9.17) is 0 Å². The minimum absolute atomic E-state index is 0.272. The van der Waals surface area contributed by atoms with Crippen LogP contribution >= 0.6 is 11.3 Å². The summed E-state index contributed by atoms with van der Waals surface area (Å²) in [4.78, 5) is 0. The van der Waals surface area contributed by atoms with E-state index in [-0.39, 0.29) is 5.92 Å². The average Bonchev–Trinajstić information content (AvgIpc) is 3.40. The fourth-order valence-electron chi connectivity index (χ4n) is 5.37. The number of rotatable bonds is 2. The zero-order valence-electron chi connectivity index (χ0n) is 17.5. The highest BCUT2D eigenvalue weighted by Crippen LogP contribution is 2.53. The van der Waals surface area contributed by atoms with Crippen molar-refractivity contribution in [1.29, 1.82) is 0 Å². The van der Waals surface area contributed by atoms with Gasteiger partial charge in [-0.3, -0.25) is 0 Å². The molecule has 1 aromatic heterocycles. The molecular formula is C31H20S. The first kappa shape index (κ1) is 17.9. The number of hydrogen-bond acceptors (Lipinski definition) is 1. The summed E-state index contributed by atoms with van der Waals surface area (Å²) in [6, 6.07) is 42.3. The predicted molar refractivity (Wildman–Crippen MR) is 138 cm³/mol. The summed E-state index contributed by atoms with van der Waals surface area (Å²) in [7, 11) is 0. The highest BCUT2D eigenvalue weighted by atomic mass is 32.1. The molecule has 32 heavy (non-hydrogen) atoms. The largest absolute Gasteiger partial charge is 0.135 e. The normalized spacial score (nSPS) is 14.6. The van der Waals surface area contributed by atoms with E-state index >= 15 is 0 Å². The van der Waals surface area contributed by atoms with Gasteiger partial charge in [0.05, 0.1) is 0 Å². The first-order valence-electron chi connectivity index (χ1n) is 11.1. The maximum Gasteiger partial charge on any atom is 0.0361 e. The van der Waals surface area contributed by atoms with E-state index in [1.165, 1.54) is 59.1 Å². The van der Waals surface area contributed by atoms with Crippen molar-refractivity contribution in [3.05, 3.63) is 132 Å². The van der Waals surface area contributed by atoms with E-state index < -0.39 is 0 Å². The van der Waals surface area contributed by atoms with Crippen molar-refractivity contribution >= 4 is 31.5 Å². The van der Waals surface area contributed by atoms with Crippen LogP contribution in [0, 0.1) is 0 Å². The lowest BCUT2D eigenvalue weighted by atomic mass is 9.88. The molecule has 0 saturated heterocycles. The van der Waals surface area contributed by atoms with E-state index in [1.54, 1.807) is 0 Å². The van der Waals surface area contributed by atoms with Crippen LogP contribution in [0.1, 0.15) is 22.6 Å². The van der Waals surface area contributed by atoms with Crippen molar-refractivity contribution in [2.75, 3.05) is 0 Å². The van der Waals surface area contributed by atoms with Crippen LogP contribution in [-0.4, -0.2) is 0 Å². The van der Waals surface area contributed by atoms with Gasteiger partial charge in [0.25, 0.3) is 0 Å². The molecule has 0 bridgehead atoms. The number of hydrogen-bond donors (Lipinski definition) is 0. The molecule has 0 nitrogen and oxygen atoms in total. The van der Waals surface area contributed by atoms with Gasteiger partial charge in [-0.2, -0.15) is 0 Å². The van der Waals surface area contributed by atoms with Crippen LogP contribution in [0.3, 0.4) is 0 Å². The molecule has 150 valence electrons. The highest BCUT2D eigenvalue weighted by molar-refractivity contribution is 7.25. The van der Waals surface area contributed by atoms with Crippen LogP contribution in [-0.2, 0) is 0 Å². The van der Waals surface area contributed by atoms with E-state index in [1.807, 2.05) is 11.3 Å². The lowest BCUT2D eigenvalue weighted by Crippen LogP contribution is -1.99. The molecule has 0 spiro atoms. The Morgan fingerprint density at radius 1 is 0.500 bits per heavy atom. The molecule has 0 aliphatic heterocycles. The SMILES string of the molecule is c1ccc(-c2ccc(C3c4ccccc4-c4c3ccc3sc5ccccc5c43)cc2)cc1. The third-order valence-corrected chi connectivity index (χ3v) is 7.91. The Labute approximate surface area is 191 Å². The van der Waals surface area contributed by atoms with Gasteiger partial charge < -0.3 is 0 Å². The minimum atomic E-state index is 0.272. The number of fused-ring (bicyclic) bond motifs is 7. The molecule has 1 heterocycles. The van der Waals surface area contributed by atoms with Crippen LogP contribution < -0.4 is 0 Å². The summed E-state index contributed by atoms with van der Waals surface area (Å²) in [6.45, 7) is 0. The monoisotopic (exact) mass is 424 g/mol. The second-order valence-electron chi connectivity index (χ2n) is 8.51. The quantitative estimate of drug-likeness (QED) is 0.260. The van der Waals surface area contributed by atoms with Crippen molar-refractivity contribution in [3.63, 3.8) is 0 Å². The van der Waals surface area contributed by atoms with Gasteiger partial charge in [0, 0.05) is 26.1 Å². The first-order valence-corrected chi connectivity index (χ1v) is 11.9. The highest BCUT2D eigenvalue weighted by Gasteiger charge is 2.31. The van der Waals surface area contributed by atoms with Gasteiger partial charge >= 0.3 is 0 Å². The first-order chi connectivity index (χ1) is 15.9. The van der Waals surface area contributed by atoms with Crippen LogP contribution in [0.4, 0.5) is 0 Å². The third-order valence-electron chi connectivity index (χ3n) is 6.78. The second kappa shape index (κ2) is 6.91. The summed E-state index contributed by atoms with van der Waals surface area (Å²) in [5.41, 5.74) is 9.53. The van der Waals surface area contributed by atoms with Crippen molar-refractivity contribution in [2.24, 2.45) is 0 Å². The van der Waals surface area contributed by atoms with Crippen LogP contribution in [0.5, 0.6) is 0 Å². The van der Waals surface area contributed by atoms with Gasteiger partial charge in [0.15, 0.2) is 0 Å². The lowest BCUT2D eigenvalue weighted by molar-refractivity contribution is 1.02. The van der Waals surface area contributed by atoms with E-state index in [0.29, 0.717) is 0 Å². The standard InChI is InChI=1S/C31H20S/c1-2-8-20(9-3-1)21-14-16-22(17-15-21)29-23-10-4-5-11-24(23)30-26(29)18-19-28-31(30)25-12-6-7-13-27(25)32-28/h1-19,29H. The van der Waals surface area contributed by atoms with Crippen molar-refractivity contribution < 1.29 is 0 Å². The molecule has 1 aliphatic rings. The molecule has 5 aromatic carbocycles. The maximum absolute atomic E-state index is 2.36. The zero-order valence-corrected chi connectivity index (χ0v) is 18.3. The molecule has 1 atom stereocenters. The Hall–Kier alpha value is -3.68. The van der Waals surface area contributed by atoms with Crippen LogP contribution in [0.2, 0.25) is 0 Å². The fourth-order valence-corrected chi connectivity index (χ4v) is 6.48. The molecule has 0 amide bonds.